The van der Waals surface area contributed by atoms with Gasteiger partial charge in [-0.05, 0) is 36.4 Å². The fourth-order valence-corrected chi connectivity index (χ4v) is 2.02. The summed E-state index contributed by atoms with van der Waals surface area (Å²) < 4.78 is 0. The Balaban J connectivity index is 1.77. The van der Waals surface area contributed by atoms with Gasteiger partial charge in [0.1, 0.15) is 5.75 Å². The molecule has 2 rings (SSSR count). The molecule has 0 saturated heterocycles. The van der Waals surface area contributed by atoms with Crippen LogP contribution in [0.2, 0.25) is 5.02 Å². The molecule has 3 N–H and O–H groups in total. The van der Waals surface area contributed by atoms with Gasteiger partial charge in [0, 0.05) is 29.2 Å². The molecule has 2 aromatic rings. The standard InChI is InChI=1S/C16H15ClN2O3/c17-13-5-1-3-11(9-13)15(21)18-7-8-19-16(22)12-4-2-6-14(20)10-12/h1-6,9-10,20H,7-8H2,(H,18,21)(H,19,22). The fraction of sp³-hybridized carbons (Fsp3) is 0.125. The first-order chi connectivity index (χ1) is 10.6. The molecule has 2 aromatic carbocycles. The molecule has 5 nitrogen and oxygen atoms in total. The molecule has 0 aromatic heterocycles. The van der Waals surface area contributed by atoms with E-state index in [9.17, 15) is 14.7 Å². The van der Waals surface area contributed by atoms with Crippen molar-refractivity contribution < 1.29 is 14.7 Å². The van der Waals surface area contributed by atoms with Crippen molar-refractivity contribution in [3.05, 3.63) is 64.7 Å². The van der Waals surface area contributed by atoms with Crippen molar-refractivity contribution in [1.29, 1.82) is 0 Å². The number of hydrogen-bond acceptors (Lipinski definition) is 3. The second kappa shape index (κ2) is 7.47. The number of benzene rings is 2. The summed E-state index contributed by atoms with van der Waals surface area (Å²) in [6.45, 7) is 0.566. The van der Waals surface area contributed by atoms with Gasteiger partial charge in [-0.2, -0.15) is 0 Å². The summed E-state index contributed by atoms with van der Waals surface area (Å²) in [4.78, 5) is 23.6. The van der Waals surface area contributed by atoms with E-state index in [2.05, 4.69) is 10.6 Å². The first kappa shape index (κ1) is 15.9. The lowest BCUT2D eigenvalue weighted by atomic mass is 10.2. The summed E-state index contributed by atoms with van der Waals surface area (Å²) >= 11 is 5.81. The zero-order valence-corrected chi connectivity index (χ0v) is 12.4. The summed E-state index contributed by atoms with van der Waals surface area (Å²) in [5.74, 6) is -0.538. The largest absolute Gasteiger partial charge is 0.508 e. The third-order valence-corrected chi connectivity index (χ3v) is 3.13. The van der Waals surface area contributed by atoms with Gasteiger partial charge in [-0.3, -0.25) is 9.59 Å². The summed E-state index contributed by atoms with van der Waals surface area (Å²) in [5, 5.41) is 15.1. The van der Waals surface area contributed by atoms with E-state index in [1.807, 2.05) is 0 Å². The monoisotopic (exact) mass is 318 g/mol. The van der Waals surface area contributed by atoms with Gasteiger partial charge in [0.15, 0.2) is 0 Å². The van der Waals surface area contributed by atoms with Crippen molar-refractivity contribution >= 4 is 23.4 Å². The van der Waals surface area contributed by atoms with Gasteiger partial charge in [0.2, 0.25) is 0 Å². The van der Waals surface area contributed by atoms with Crippen LogP contribution in [0, 0.1) is 0 Å². The minimum Gasteiger partial charge on any atom is -0.508 e. The van der Waals surface area contributed by atoms with E-state index in [4.69, 9.17) is 11.6 Å². The molecule has 0 aliphatic carbocycles. The summed E-state index contributed by atoms with van der Waals surface area (Å²) in [5.41, 5.74) is 0.827. The first-order valence-corrected chi connectivity index (χ1v) is 7.05. The number of phenols is 1. The van der Waals surface area contributed by atoms with E-state index in [1.54, 1.807) is 36.4 Å². The lowest BCUT2D eigenvalue weighted by molar-refractivity contribution is 0.0927. The molecule has 0 spiro atoms. The molecule has 2 amide bonds. The van der Waals surface area contributed by atoms with Gasteiger partial charge in [0.05, 0.1) is 0 Å². The molecule has 0 bridgehead atoms. The maximum atomic E-state index is 11.8. The zero-order chi connectivity index (χ0) is 15.9. The number of phenolic OH excluding ortho intramolecular Hbond substituents is 1. The molecule has 0 radical (unpaired) electrons. The van der Waals surface area contributed by atoms with Gasteiger partial charge in [-0.25, -0.2) is 0 Å². The highest BCUT2D eigenvalue weighted by Gasteiger charge is 2.07. The van der Waals surface area contributed by atoms with Gasteiger partial charge >= 0.3 is 0 Å². The maximum absolute atomic E-state index is 11.8. The number of amides is 2. The van der Waals surface area contributed by atoms with E-state index in [0.717, 1.165) is 0 Å². The number of aromatic hydroxyl groups is 1. The van der Waals surface area contributed by atoms with Gasteiger partial charge in [-0.1, -0.05) is 23.7 Å². The Hall–Kier alpha value is -2.53. The average Bonchev–Trinajstić information content (AvgIpc) is 2.51. The number of halogens is 1. The number of rotatable bonds is 5. The van der Waals surface area contributed by atoms with E-state index in [1.165, 1.54) is 12.1 Å². The van der Waals surface area contributed by atoms with Crippen molar-refractivity contribution in [2.24, 2.45) is 0 Å². The van der Waals surface area contributed by atoms with Crippen molar-refractivity contribution in [2.75, 3.05) is 13.1 Å². The van der Waals surface area contributed by atoms with Gasteiger partial charge in [-0.15, -0.1) is 0 Å². The lowest BCUT2D eigenvalue weighted by Gasteiger charge is -2.07. The summed E-state index contributed by atoms with van der Waals surface area (Å²) in [6, 6.07) is 12.7. The van der Waals surface area contributed by atoms with Crippen LogP contribution < -0.4 is 10.6 Å². The quantitative estimate of drug-likeness (QED) is 0.740. The second-order valence-electron chi connectivity index (χ2n) is 4.57. The van der Waals surface area contributed by atoms with E-state index in [0.29, 0.717) is 16.1 Å². The molecule has 22 heavy (non-hydrogen) atoms. The highest BCUT2D eigenvalue weighted by atomic mass is 35.5. The summed E-state index contributed by atoms with van der Waals surface area (Å²) in [7, 11) is 0. The zero-order valence-electron chi connectivity index (χ0n) is 11.7. The Labute approximate surface area is 132 Å². The molecule has 114 valence electrons. The van der Waals surface area contributed by atoms with Crippen LogP contribution in [0.5, 0.6) is 5.75 Å². The highest BCUT2D eigenvalue weighted by Crippen LogP contribution is 2.11. The molecule has 0 fully saturated rings. The molecule has 0 aliphatic heterocycles. The van der Waals surface area contributed by atoms with Gasteiger partial charge < -0.3 is 15.7 Å². The van der Waals surface area contributed by atoms with Crippen molar-refractivity contribution in [2.45, 2.75) is 0 Å². The topological polar surface area (TPSA) is 78.4 Å². The molecular formula is C16H15ClN2O3. The molecule has 0 unspecified atom stereocenters. The smallest absolute Gasteiger partial charge is 0.251 e. The lowest BCUT2D eigenvalue weighted by Crippen LogP contribution is -2.34. The maximum Gasteiger partial charge on any atom is 0.251 e. The molecule has 6 heteroatoms. The Morgan fingerprint density at radius 1 is 0.909 bits per heavy atom. The van der Waals surface area contributed by atoms with Crippen molar-refractivity contribution in [1.82, 2.24) is 10.6 Å². The van der Waals surface area contributed by atoms with Gasteiger partial charge in [0.25, 0.3) is 11.8 Å². The van der Waals surface area contributed by atoms with Crippen LogP contribution in [-0.4, -0.2) is 30.0 Å². The second-order valence-corrected chi connectivity index (χ2v) is 5.01. The Kier molecular flexibility index (Phi) is 5.38. The van der Waals surface area contributed by atoms with Crippen LogP contribution in [0.3, 0.4) is 0 Å². The SMILES string of the molecule is O=C(NCCNC(=O)c1cccc(Cl)c1)c1cccc(O)c1. The molecule has 0 heterocycles. The van der Waals surface area contributed by atoms with Crippen LogP contribution in [0.15, 0.2) is 48.5 Å². The molecule has 0 aliphatic rings. The number of hydrogen-bond donors (Lipinski definition) is 3. The van der Waals surface area contributed by atoms with Crippen molar-refractivity contribution in [3.8, 4) is 5.75 Å². The molecular weight excluding hydrogens is 304 g/mol. The first-order valence-electron chi connectivity index (χ1n) is 6.67. The minimum absolute atomic E-state index is 0.0295. The fourth-order valence-electron chi connectivity index (χ4n) is 1.83. The Morgan fingerprint density at radius 3 is 2.00 bits per heavy atom. The predicted octanol–water partition coefficient (Wildman–Crippen LogP) is 2.21. The average molecular weight is 319 g/mol. The van der Waals surface area contributed by atoms with Crippen LogP contribution in [-0.2, 0) is 0 Å². The summed E-state index contributed by atoms with van der Waals surface area (Å²) in [6.07, 6.45) is 0. The van der Waals surface area contributed by atoms with E-state index < -0.39 is 0 Å². The van der Waals surface area contributed by atoms with Crippen LogP contribution >= 0.6 is 11.6 Å². The minimum atomic E-state index is -0.312. The third-order valence-electron chi connectivity index (χ3n) is 2.89. The predicted molar refractivity (Wildman–Crippen MR) is 84.2 cm³/mol. The van der Waals surface area contributed by atoms with E-state index >= 15 is 0 Å². The molecule has 0 saturated carbocycles. The highest BCUT2D eigenvalue weighted by molar-refractivity contribution is 6.30. The van der Waals surface area contributed by atoms with Crippen molar-refractivity contribution in [3.63, 3.8) is 0 Å². The number of nitrogens with one attached hydrogen (secondary N) is 2. The number of carbonyl (C=O) groups excluding carboxylic acids is 2. The van der Waals surface area contributed by atoms with E-state index in [-0.39, 0.29) is 30.7 Å². The van der Waals surface area contributed by atoms with Crippen LogP contribution in [0.4, 0.5) is 0 Å². The van der Waals surface area contributed by atoms with Crippen LogP contribution in [0.1, 0.15) is 20.7 Å². The third kappa shape index (κ3) is 4.49. The Bertz CT molecular complexity index is 629. The van der Waals surface area contributed by atoms with Crippen LogP contribution in [0.25, 0.3) is 0 Å². The normalized spacial score (nSPS) is 10.0. The Morgan fingerprint density at radius 2 is 1.45 bits per heavy atom. The number of carbonyl (C=O) groups is 2. The molecule has 0 atom stereocenters.